The molecule has 0 radical (unpaired) electrons. The first-order chi connectivity index (χ1) is 11.6. The van der Waals surface area contributed by atoms with E-state index in [-0.39, 0.29) is 5.91 Å². The fourth-order valence-corrected chi connectivity index (χ4v) is 4.03. The molecule has 128 valence electrons. The Balaban J connectivity index is 1.70. The van der Waals surface area contributed by atoms with Gasteiger partial charge in [0.05, 0.1) is 11.3 Å². The predicted molar refractivity (Wildman–Crippen MR) is 99.4 cm³/mol. The van der Waals surface area contributed by atoms with Crippen molar-refractivity contribution in [3.8, 4) is 11.3 Å². The van der Waals surface area contributed by atoms with Crippen LogP contribution in [0.2, 0.25) is 0 Å². The van der Waals surface area contributed by atoms with Gasteiger partial charge in [-0.15, -0.1) is 0 Å². The summed E-state index contributed by atoms with van der Waals surface area (Å²) in [6.07, 6.45) is 2.78. The van der Waals surface area contributed by atoms with Gasteiger partial charge in [0.15, 0.2) is 0 Å². The lowest BCUT2D eigenvalue weighted by Crippen LogP contribution is -2.56. The molecule has 5 heteroatoms. The molecule has 1 atom stereocenters. The second-order valence-electron chi connectivity index (χ2n) is 6.59. The van der Waals surface area contributed by atoms with Crippen molar-refractivity contribution in [2.75, 3.05) is 19.6 Å². The Hall–Kier alpha value is -1.72. The Morgan fingerprint density at radius 1 is 1.33 bits per heavy atom. The summed E-state index contributed by atoms with van der Waals surface area (Å²) < 4.78 is 0. The number of hydrogen-bond acceptors (Lipinski definition) is 4. The van der Waals surface area contributed by atoms with Gasteiger partial charge in [0, 0.05) is 48.9 Å². The summed E-state index contributed by atoms with van der Waals surface area (Å²) in [6, 6.07) is 6.86. The van der Waals surface area contributed by atoms with Gasteiger partial charge in [-0.3, -0.25) is 14.7 Å². The second-order valence-corrected chi connectivity index (χ2v) is 7.37. The third-order valence-electron chi connectivity index (χ3n) is 4.78. The minimum Gasteiger partial charge on any atom is -0.336 e. The number of pyridine rings is 1. The molecule has 3 heterocycles. The Morgan fingerprint density at radius 3 is 2.75 bits per heavy atom. The fourth-order valence-electron chi connectivity index (χ4n) is 3.38. The van der Waals surface area contributed by atoms with Crippen LogP contribution in [0.15, 0.2) is 35.2 Å². The van der Waals surface area contributed by atoms with E-state index in [1.807, 2.05) is 28.5 Å². The Kier molecular flexibility index (Phi) is 5.31. The van der Waals surface area contributed by atoms with E-state index in [1.165, 1.54) is 0 Å². The van der Waals surface area contributed by atoms with Crippen molar-refractivity contribution in [1.82, 2.24) is 14.8 Å². The molecule has 3 rings (SSSR count). The first-order valence-corrected chi connectivity index (χ1v) is 9.58. The zero-order chi connectivity index (χ0) is 17.1. The van der Waals surface area contributed by atoms with Gasteiger partial charge in [-0.1, -0.05) is 6.92 Å². The number of hydrogen-bond donors (Lipinski definition) is 0. The summed E-state index contributed by atoms with van der Waals surface area (Å²) >= 11 is 1.65. The van der Waals surface area contributed by atoms with Crippen LogP contribution in [0.5, 0.6) is 0 Å². The smallest absolute Gasteiger partial charge is 0.255 e. The largest absolute Gasteiger partial charge is 0.336 e. The highest BCUT2D eigenvalue weighted by atomic mass is 32.1. The monoisotopic (exact) mass is 343 g/mol. The van der Waals surface area contributed by atoms with Crippen LogP contribution in [-0.2, 0) is 0 Å². The number of carbonyl (C=O) groups excluding carboxylic acids is 1. The highest BCUT2D eigenvalue weighted by Crippen LogP contribution is 2.21. The molecule has 1 saturated heterocycles. The summed E-state index contributed by atoms with van der Waals surface area (Å²) in [4.78, 5) is 21.8. The topological polar surface area (TPSA) is 36.4 Å². The van der Waals surface area contributed by atoms with Crippen molar-refractivity contribution in [3.05, 3.63) is 40.7 Å². The van der Waals surface area contributed by atoms with Gasteiger partial charge in [-0.25, -0.2) is 0 Å². The first kappa shape index (κ1) is 17.1. The Labute approximate surface area is 148 Å². The van der Waals surface area contributed by atoms with E-state index in [9.17, 15) is 4.79 Å². The summed E-state index contributed by atoms with van der Waals surface area (Å²) in [5, 5.41) is 4.11. The fraction of sp³-hybridized carbons (Fsp3) is 0.474. The minimum atomic E-state index is 0.0984. The number of thiophene rings is 1. The number of nitrogens with zero attached hydrogens (tertiary/aromatic N) is 3. The number of amides is 1. The molecular formula is C19H25N3OS. The summed E-state index contributed by atoms with van der Waals surface area (Å²) in [7, 11) is 0. The standard InChI is InChI=1S/C19H25N3OS/c1-4-17-12-21(8-9-22(17)14(2)3)19(23)15-5-6-18(20-11-15)16-7-10-24-13-16/h5-7,10-11,13-14,17H,4,8-9,12H2,1-3H3. The molecule has 2 aromatic rings. The van der Waals surface area contributed by atoms with E-state index in [2.05, 4.69) is 36.0 Å². The normalized spacial score (nSPS) is 19.0. The molecule has 0 saturated carbocycles. The third kappa shape index (κ3) is 3.52. The SMILES string of the molecule is CCC1CN(C(=O)c2ccc(-c3ccsc3)nc2)CCN1C(C)C. The first-order valence-electron chi connectivity index (χ1n) is 8.63. The second kappa shape index (κ2) is 7.45. The molecule has 0 N–H and O–H groups in total. The quantitative estimate of drug-likeness (QED) is 0.848. The molecule has 1 fully saturated rings. The van der Waals surface area contributed by atoms with Gasteiger partial charge >= 0.3 is 0 Å². The molecule has 2 aromatic heterocycles. The van der Waals surface area contributed by atoms with Crippen LogP contribution < -0.4 is 0 Å². The number of carbonyl (C=O) groups is 1. The van der Waals surface area contributed by atoms with Gasteiger partial charge in [0.2, 0.25) is 0 Å². The Bertz CT molecular complexity index is 666. The highest BCUT2D eigenvalue weighted by molar-refractivity contribution is 7.08. The average molecular weight is 343 g/mol. The molecular weight excluding hydrogens is 318 g/mol. The van der Waals surface area contributed by atoms with Gasteiger partial charge in [0.1, 0.15) is 0 Å². The molecule has 0 aromatic carbocycles. The predicted octanol–water partition coefficient (Wildman–Crippen LogP) is 3.75. The molecule has 0 bridgehead atoms. The van der Waals surface area contributed by atoms with Crippen LogP contribution in [-0.4, -0.2) is 52.4 Å². The van der Waals surface area contributed by atoms with Crippen molar-refractivity contribution in [2.24, 2.45) is 0 Å². The lowest BCUT2D eigenvalue weighted by atomic mass is 10.1. The van der Waals surface area contributed by atoms with E-state index >= 15 is 0 Å². The molecule has 0 spiro atoms. The van der Waals surface area contributed by atoms with E-state index in [0.29, 0.717) is 17.6 Å². The molecule has 24 heavy (non-hydrogen) atoms. The molecule has 4 nitrogen and oxygen atoms in total. The van der Waals surface area contributed by atoms with Crippen molar-refractivity contribution in [2.45, 2.75) is 39.3 Å². The van der Waals surface area contributed by atoms with Gasteiger partial charge in [-0.2, -0.15) is 11.3 Å². The van der Waals surface area contributed by atoms with E-state index in [4.69, 9.17) is 0 Å². The van der Waals surface area contributed by atoms with Crippen LogP contribution in [0, 0.1) is 0 Å². The van der Waals surface area contributed by atoms with Crippen LogP contribution >= 0.6 is 11.3 Å². The van der Waals surface area contributed by atoms with Gasteiger partial charge in [0.25, 0.3) is 5.91 Å². The average Bonchev–Trinajstić information content (AvgIpc) is 3.15. The third-order valence-corrected chi connectivity index (χ3v) is 5.46. The molecule has 1 aliphatic heterocycles. The van der Waals surface area contributed by atoms with Crippen molar-refractivity contribution in [3.63, 3.8) is 0 Å². The van der Waals surface area contributed by atoms with Gasteiger partial charge in [-0.05, 0) is 43.8 Å². The summed E-state index contributed by atoms with van der Waals surface area (Å²) in [5.74, 6) is 0.0984. The van der Waals surface area contributed by atoms with Gasteiger partial charge < -0.3 is 4.90 Å². The van der Waals surface area contributed by atoms with Crippen molar-refractivity contribution in [1.29, 1.82) is 0 Å². The molecule has 1 unspecified atom stereocenters. The maximum absolute atomic E-state index is 12.8. The number of rotatable bonds is 4. The van der Waals surface area contributed by atoms with E-state index in [0.717, 1.165) is 37.3 Å². The zero-order valence-electron chi connectivity index (χ0n) is 14.6. The lowest BCUT2D eigenvalue weighted by molar-refractivity contribution is 0.0371. The minimum absolute atomic E-state index is 0.0984. The highest BCUT2D eigenvalue weighted by Gasteiger charge is 2.30. The van der Waals surface area contributed by atoms with Crippen LogP contribution in [0.4, 0.5) is 0 Å². The number of piperazine rings is 1. The number of aromatic nitrogens is 1. The summed E-state index contributed by atoms with van der Waals surface area (Å²) in [5.41, 5.74) is 2.71. The molecule has 0 aliphatic carbocycles. The zero-order valence-corrected chi connectivity index (χ0v) is 15.4. The van der Waals surface area contributed by atoms with E-state index < -0.39 is 0 Å². The van der Waals surface area contributed by atoms with Crippen LogP contribution in [0.25, 0.3) is 11.3 Å². The van der Waals surface area contributed by atoms with E-state index in [1.54, 1.807) is 17.5 Å². The molecule has 1 aliphatic rings. The van der Waals surface area contributed by atoms with Crippen molar-refractivity contribution < 1.29 is 4.79 Å². The summed E-state index contributed by atoms with van der Waals surface area (Å²) in [6.45, 7) is 9.20. The van der Waals surface area contributed by atoms with Crippen LogP contribution in [0.3, 0.4) is 0 Å². The van der Waals surface area contributed by atoms with Crippen molar-refractivity contribution >= 4 is 17.2 Å². The maximum atomic E-state index is 12.8. The molecule has 1 amide bonds. The lowest BCUT2D eigenvalue weighted by Gasteiger charge is -2.43. The Morgan fingerprint density at radius 2 is 2.17 bits per heavy atom. The van der Waals surface area contributed by atoms with Crippen LogP contribution in [0.1, 0.15) is 37.6 Å². The maximum Gasteiger partial charge on any atom is 0.255 e.